The SMILES string of the molecule is CON(C)Cc1cccnc1C#N. The zero-order valence-electron chi connectivity index (χ0n) is 7.69. The van der Waals surface area contributed by atoms with Crippen molar-refractivity contribution in [3.05, 3.63) is 29.6 Å². The van der Waals surface area contributed by atoms with E-state index >= 15 is 0 Å². The Hall–Kier alpha value is -1.44. The molecule has 0 bridgehead atoms. The lowest BCUT2D eigenvalue weighted by Gasteiger charge is -2.13. The van der Waals surface area contributed by atoms with Crippen molar-refractivity contribution in [3.63, 3.8) is 0 Å². The Kier molecular flexibility index (Phi) is 3.38. The largest absolute Gasteiger partial charge is 0.302 e. The molecule has 0 unspecified atom stereocenters. The van der Waals surface area contributed by atoms with Gasteiger partial charge in [0.05, 0.1) is 13.7 Å². The number of hydroxylamine groups is 2. The highest BCUT2D eigenvalue weighted by Crippen LogP contribution is 2.06. The molecule has 0 aliphatic heterocycles. The number of nitrogens with zero attached hydrogens (tertiary/aromatic N) is 3. The molecule has 1 heterocycles. The van der Waals surface area contributed by atoms with Crippen molar-refractivity contribution in [3.8, 4) is 6.07 Å². The first-order chi connectivity index (χ1) is 6.27. The highest BCUT2D eigenvalue weighted by Gasteiger charge is 2.04. The first-order valence-corrected chi connectivity index (χ1v) is 3.87. The molecule has 13 heavy (non-hydrogen) atoms. The van der Waals surface area contributed by atoms with E-state index in [0.717, 1.165) is 5.56 Å². The molecule has 4 heteroatoms. The summed E-state index contributed by atoms with van der Waals surface area (Å²) < 4.78 is 0. The summed E-state index contributed by atoms with van der Waals surface area (Å²) in [6, 6.07) is 5.70. The van der Waals surface area contributed by atoms with Crippen LogP contribution < -0.4 is 0 Å². The van der Waals surface area contributed by atoms with E-state index in [4.69, 9.17) is 10.1 Å². The summed E-state index contributed by atoms with van der Waals surface area (Å²) in [4.78, 5) is 8.89. The fourth-order valence-corrected chi connectivity index (χ4v) is 0.971. The maximum atomic E-state index is 8.73. The Labute approximate surface area is 77.3 Å². The molecule has 4 nitrogen and oxygen atoms in total. The molecule has 1 rings (SSSR count). The Morgan fingerprint density at radius 2 is 2.46 bits per heavy atom. The lowest BCUT2D eigenvalue weighted by atomic mass is 10.2. The second-order valence-corrected chi connectivity index (χ2v) is 2.59. The minimum atomic E-state index is 0.450. The van der Waals surface area contributed by atoms with Crippen LogP contribution in [0.2, 0.25) is 0 Å². The van der Waals surface area contributed by atoms with Gasteiger partial charge in [0.25, 0.3) is 0 Å². The Balaban J connectivity index is 2.82. The quantitative estimate of drug-likeness (QED) is 0.645. The number of pyridine rings is 1. The molecular weight excluding hydrogens is 166 g/mol. The molecule has 0 amide bonds. The monoisotopic (exact) mass is 177 g/mol. The van der Waals surface area contributed by atoms with Gasteiger partial charge in [-0.05, 0) is 6.07 Å². The number of aromatic nitrogens is 1. The van der Waals surface area contributed by atoms with Gasteiger partial charge in [-0.2, -0.15) is 10.3 Å². The second-order valence-electron chi connectivity index (χ2n) is 2.59. The van der Waals surface area contributed by atoms with Crippen LogP contribution in [0, 0.1) is 11.3 Å². The predicted octanol–water partition coefficient (Wildman–Crippen LogP) is 0.946. The molecule has 0 spiro atoms. The van der Waals surface area contributed by atoms with Gasteiger partial charge in [-0.3, -0.25) is 0 Å². The smallest absolute Gasteiger partial charge is 0.145 e. The van der Waals surface area contributed by atoms with E-state index in [9.17, 15) is 0 Å². The Bertz CT molecular complexity index is 319. The van der Waals surface area contributed by atoms with E-state index in [-0.39, 0.29) is 0 Å². The van der Waals surface area contributed by atoms with E-state index in [1.165, 1.54) is 0 Å². The molecule has 0 N–H and O–H groups in total. The van der Waals surface area contributed by atoms with Crippen molar-refractivity contribution in [1.82, 2.24) is 10.0 Å². The normalized spacial score (nSPS) is 10.0. The molecule has 68 valence electrons. The average Bonchev–Trinajstić information content (AvgIpc) is 2.18. The maximum Gasteiger partial charge on any atom is 0.145 e. The van der Waals surface area contributed by atoms with Crippen LogP contribution in [0.3, 0.4) is 0 Å². The van der Waals surface area contributed by atoms with Gasteiger partial charge in [0, 0.05) is 18.8 Å². The zero-order valence-corrected chi connectivity index (χ0v) is 7.69. The predicted molar refractivity (Wildman–Crippen MR) is 47.4 cm³/mol. The van der Waals surface area contributed by atoms with Crippen LogP contribution in [-0.4, -0.2) is 24.2 Å². The van der Waals surface area contributed by atoms with Crippen LogP contribution in [0.4, 0.5) is 0 Å². The molecule has 0 aliphatic carbocycles. The van der Waals surface area contributed by atoms with E-state index in [1.54, 1.807) is 31.5 Å². The third kappa shape index (κ3) is 2.51. The molecule has 1 aromatic heterocycles. The van der Waals surface area contributed by atoms with E-state index in [1.807, 2.05) is 12.1 Å². The third-order valence-corrected chi connectivity index (χ3v) is 1.70. The summed E-state index contributed by atoms with van der Waals surface area (Å²) in [6.07, 6.45) is 1.61. The topological polar surface area (TPSA) is 49.1 Å². The summed E-state index contributed by atoms with van der Waals surface area (Å²) in [5.74, 6) is 0. The molecule has 0 saturated heterocycles. The summed E-state index contributed by atoms with van der Waals surface area (Å²) in [5, 5.41) is 10.4. The van der Waals surface area contributed by atoms with Gasteiger partial charge in [-0.15, -0.1) is 0 Å². The van der Waals surface area contributed by atoms with Gasteiger partial charge in [0.2, 0.25) is 0 Å². The van der Waals surface area contributed by atoms with E-state index in [0.29, 0.717) is 12.2 Å². The fourth-order valence-electron chi connectivity index (χ4n) is 0.971. The molecule has 0 atom stereocenters. The molecule has 0 radical (unpaired) electrons. The standard InChI is InChI=1S/C9H11N3O/c1-12(13-2)7-8-4-3-5-11-9(8)6-10/h3-5H,7H2,1-2H3. The van der Waals surface area contributed by atoms with Crippen molar-refractivity contribution < 1.29 is 4.84 Å². The molecule has 0 aliphatic rings. The molecule has 0 aromatic carbocycles. The lowest BCUT2D eigenvalue weighted by molar-refractivity contribution is -0.116. The molecular formula is C9H11N3O. The summed E-state index contributed by atoms with van der Waals surface area (Å²) in [6.45, 7) is 0.563. The second kappa shape index (κ2) is 4.55. The molecule has 0 fully saturated rings. The first-order valence-electron chi connectivity index (χ1n) is 3.87. The van der Waals surface area contributed by atoms with Crippen molar-refractivity contribution >= 4 is 0 Å². The van der Waals surface area contributed by atoms with Crippen LogP contribution in [0.1, 0.15) is 11.3 Å². The summed E-state index contributed by atoms with van der Waals surface area (Å²) >= 11 is 0. The summed E-state index contributed by atoms with van der Waals surface area (Å²) in [7, 11) is 3.39. The summed E-state index contributed by atoms with van der Waals surface area (Å²) in [5.41, 5.74) is 1.32. The van der Waals surface area contributed by atoms with Crippen LogP contribution >= 0.6 is 0 Å². The molecule has 1 aromatic rings. The third-order valence-electron chi connectivity index (χ3n) is 1.70. The average molecular weight is 177 g/mol. The minimum absolute atomic E-state index is 0.450. The van der Waals surface area contributed by atoms with Crippen molar-refractivity contribution in [2.24, 2.45) is 0 Å². The zero-order chi connectivity index (χ0) is 9.68. The van der Waals surface area contributed by atoms with Gasteiger partial charge in [-0.25, -0.2) is 4.98 Å². The number of hydrogen-bond acceptors (Lipinski definition) is 4. The first kappa shape index (κ1) is 9.65. The Morgan fingerprint density at radius 3 is 3.08 bits per heavy atom. The minimum Gasteiger partial charge on any atom is -0.302 e. The van der Waals surface area contributed by atoms with Gasteiger partial charge >= 0.3 is 0 Å². The number of rotatable bonds is 3. The van der Waals surface area contributed by atoms with Crippen LogP contribution in [0.15, 0.2) is 18.3 Å². The number of nitriles is 1. The van der Waals surface area contributed by atoms with Gasteiger partial charge in [0.15, 0.2) is 0 Å². The highest BCUT2D eigenvalue weighted by molar-refractivity contribution is 5.30. The van der Waals surface area contributed by atoms with Crippen LogP contribution in [0.5, 0.6) is 0 Å². The van der Waals surface area contributed by atoms with Crippen molar-refractivity contribution in [2.45, 2.75) is 6.54 Å². The van der Waals surface area contributed by atoms with Gasteiger partial charge < -0.3 is 4.84 Å². The molecule has 0 saturated carbocycles. The lowest BCUT2D eigenvalue weighted by Crippen LogP contribution is -2.16. The van der Waals surface area contributed by atoms with Crippen molar-refractivity contribution in [2.75, 3.05) is 14.2 Å². The van der Waals surface area contributed by atoms with E-state index in [2.05, 4.69) is 4.98 Å². The maximum absolute atomic E-state index is 8.73. The van der Waals surface area contributed by atoms with Crippen LogP contribution in [-0.2, 0) is 11.4 Å². The van der Waals surface area contributed by atoms with Gasteiger partial charge in [0.1, 0.15) is 11.8 Å². The van der Waals surface area contributed by atoms with Gasteiger partial charge in [-0.1, -0.05) is 6.07 Å². The Morgan fingerprint density at radius 1 is 1.69 bits per heavy atom. The highest BCUT2D eigenvalue weighted by atomic mass is 16.7. The van der Waals surface area contributed by atoms with E-state index < -0.39 is 0 Å². The van der Waals surface area contributed by atoms with Crippen LogP contribution in [0.25, 0.3) is 0 Å². The number of hydrogen-bond donors (Lipinski definition) is 0. The fraction of sp³-hybridized carbons (Fsp3) is 0.333. The van der Waals surface area contributed by atoms with Crippen molar-refractivity contribution in [1.29, 1.82) is 5.26 Å².